The second kappa shape index (κ2) is 17.1. The number of benzene rings is 2. The van der Waals surface area contributed by atoms with Crippen LogP contribution in [-0.2, 0) is 27.4 Å². The number of carbonyl (C=O) groups is 1. The van der Waals surface area contributed by atoms with Gasteiger partial charge in [-0.05, 0) is 105 Å². The summed E-state index contributed by atoms with van der Waals surface area (Å²) >= 11 is 0. The molecule has 0 aliphatic carbocycles. The number of amides is 1. The third-order valence-electron chi connectivity index (χ3n) is 8.76. The monoisotopic (exact) mass is 704 g/mol. The molecule has 2 aromatic heterocycles. The van der Waals surface area contributed by atoms with Crippen LogP contribution >= 0.6 is 18.6 Å². The van der Waals surface area contributed by atoms with Gasteiger partial charge in [-0.3, -0.25) is 4.79 Å². The zero-order valence-corrected chi connectivity index (χ0v) is 31.7. The van der Waals surface area contributed by atoms with E-state index in [1.807, 2.05) is 42.1 Å². The molecule has 0 bridgehead atoms. The molecule has 49 heavy (non-hydrogen) atoms. The van der Waals surface area contributed by atoms with E-state index in [2.05, 4.69) is 84.2 Å². The van der Waals surface area contributed by atoms with Gasteiger partial charge in [0.2, 0.25) is 5.91 Å². The first-order valence-corrected chi connectivity index (χ1v) is 21.4. The topological polar surface area (TPSA) is 108 Å². The molecule has 1 aliphatic heterocycles. The number of pyridine rings is 1. The number of nitrogens with two attached hydrogens (primary N) is 1. The van der Waals surface area contributed by atoms with Crippen molar-refractivity contribution in [2.45, 2.75) is 52.2 Å². The molecular formula is C38H53N6O3PS. The number of morpholine rings is 1. The molecule has 0 spiro atoms. The predicted molar refractivity (Wildman–Crippen MR) is 209 cm³/mol. The highest BCUT2D eigenvalue weighted by molar-refractivity contribution is 8.32. The van der Waals surface area contributed by atoms with Gasteiger partial charge in [-0.2, -0.15) is 5.10 Å². The minimum Gasteiger partial charge on any atom is -0.375 e. The summed E-state index contributed by atoms with van der Waals surface area (Å²) in [5.41, 5.74) is 14.9. The maximum atomic E-state index is 12.9. The fourth-order valence-electron chi connectivity index (χ4n) is 5.94. The molecule has 0 radical (unpaired) electrons. The van der Waals surface area contributed by atoms with Crippen LogP contribution in [0.3, 0.4) is 0 Å². The van der Waals surface area contributed by atoms with E-state index < -0.39 is 15.8 Å². The number of rotatable bonds is 15. The number of anilines is 2. The Morgan fingerprint density at radius 3 is 2.53 bits per heavy atom. The van der Waals surface area contributed by atoms with Gasteiger partial charge >= 0.3 is 0 Å². The zero-order chi connectivity index (χ0) is 35.0. The molecule has 1 aliphatic rings. The summed E-state index contributed by atoms with van der Waals surface area (Å²) in [5, 5.41) is 7.71. The van der Waals surface area contributed by atoms with Crippen LogP contribution in [0.25, 0.3) is 22.3 Å². The number of hydrogen-bond donors (Lipinski definition) is 2. The summed E-state index contributed by atoms with van der Waals surface area (Å²) in [6.07, 6.45) is 11.8. The Labute approximate surface area is 295 Å². The van der Waals surface area contributed by atoms with E-state index in [4.69, 9.17) is 20.3 Å². The van der Waals surface area contributed by atoms with E-state index in [-0.39, 0.29) is 12.0 Å². The lowest BCUT2D eigenvalue weighted by Gasteiger charge is -2.32. The molecule has 11 heteroatoms. The average molecular weight is 705 g/mol. The van der Waals surface area contributed by atoms with Gasteiger partial charge in [-0.25, -0.2) is 19.7 Å². The second-order valence-corrected chi connectivity index (χ2v) is 19.8. The molecular weight excluding hydrogens is 651 g/mol. The van der Waals surface area contributed by atoms with Crippen LogP contribution in [0.1, 0.15) is 30.3 Å². The quantitative estimate of drug-likeness (QED) is 0.105. The van der Waals surface area contributed by atoms with E-state index in [1.54, 1.807) is 0 Å². The first-order valence-electron chi connectivity index (χ1n) is 17.1. The molecule has 1 fully saturated rings. The molecule has 1 saturated heterocycles. The Morgan fingerprint density at radius 2 is 1.82 bits per heavy atom. The van der Waals surface area contributed by atoms with Gasteiger partial charge in [-0.1, -0.05) is 45.0 Å². The van der Waals surface area contributed by atoms with Crippen LogP contribution in [-0.4, -0.2) is 89.5 Å². The molecule has 2 aromatic carbocycles. The molecule has 5 rings (SSSR count). The maximum Gasteiger partial charge on any atom is 0.245 e. The van der Waals surface area contributed by atoms with Crippen molar-refractivity contribution in [3.05, 3.63) is 83.8 Å². The van der Waals surface area contributed by atoms with Gasteiger partial charge in [0.05, 0.1) is 25.0 Å². The Morgan fingerprint density at radius 1 is 1.08 bits per heavy atom. The van der Waals surface area contributed by atoms with E-state index in [1.165, 1.54) is 16.7 Å². The molecule has 3 heterocycles. The van der Waals surface area contributed by atoms with Crippen LogP contribution in [0, 0.1) is 13.8 Å². The molecule has 3 atom stereocenters. The molecule has 264 valence electrons. The van der Waals surface area contributed by atoms with E-state index in [0.29, 0.717) is 15.3 Å². The summed E-state index contributed by atoms with van der Waals surface area (Å²) in [7, 11) is -0.222. The highest BCUT2D eigenvalue weighted by atomic mass is 32.3. The Kier molecular flexibility index (Phi) is 12.9. The third-order valence-corrected chi connectivity index (χ3v) is 11.5. The molecule has 3 N–H and O–H groups in total. The largest absolute Gasteiger partial charge is 0.375 e. The highest BCUT2D eigenvalue weighted by Crippen LogP contribution is 2.34. The average Bonchev–Trinajstić information content (AvgIpc) is 3.37. The lowest BCUT2D eigenvalue weighted by atomic mass is 10.0. The van der Waals surface area contributed by atoms with Gasteiger partial charge < -0.3 is 25.4 Å². The number of ether oxygens (including phenoxy) is 2. The van der Waals surface area contributed by atoms with Crippen molar-refractivity contribution in [2.24, 2.45) is 5.73 Å². The van der Waals surface area contributed by atoms with Crippen molar-refractivity contribution in [1.82, 2.24) is 14.8 Å². The van der Waals surface area contributed by atoms with E-state index in [0.717, 1.165) is 85.1 Å². The van der Waals surface area contributed by atoms with Crippen LogP contribution in [0.15, 0.2) is 66.9 Å². The van der Waals surface area contributed by atoms with E-state index >= 15 is 0 Å². The van der Waals surface area contributed by atoms with Gasteiger partial charge in [0.25, 0.3) is 0 Å². The Balaban J connectivity index is 1.05. The van der Waals surface area contributed by atoms with Crippen molar-refractivity contribution >= 4 is 36.0 Å². The summed E-state index contributed by atoms with van der Waals surface area (Å²) in [4.78, 5) is 19.8. The SMILES string of the molecule is Cc1nn(COCCS(C)(C)C)c(C)c1-c1ccc(NC(=O)C(N)PCCCc2ccc(-c3ccnc(N4CCO[C@H](C)C4)c3)cc2)cc1. The minimum absolute atomic E-state index is 0.145. The van der Waals surface area contributed by atoms with Gasteiger partial charge in [0.1, 0.15) is 18.3 Å². The number of nitrogens with zero attached hydrogens (tertiary/aromatic N) is 4. The number of hydrogen-bond acceptors (Lipinski definition) is 7. The second-order valence-electron chi connectivity index (χ2n) is 13.7. The van der Waals surface area contributed by atoms with E-state index in [9.17, 15) is 4.79 Å². The first kappa shape index (κ1) is 37.0. The molecule has 4 aromatic rings. The number of carbonyl (C=O) groups excluding carboxylic acids is 1. The summed E-state index contributed by atoms with van der Waals surface area (Å²) in [5.74, 6) is 1.40. The Bertz CT molecular complexity index is 1670. The summed E-state index contributed by atoms with van der Waals surface area (Å²) < 4.78 is 13.5. The minimum atomic E-state index is -0.580. The predicted octanol–water partition coefficient (Wildman–Crippen LogP) is 6.66. The van der Waals surface area contributed by atoms with Crippen LogP contribution in [0.4, 0.5) is 11.5 Å². The number of aromatic nitrogens is 3. The lowest BCUT2D eigenvalue weighted by Crippen LogP contribution is -2.41. The van der Waals surface area contributed by atoms with Crippen LogP contribution in [0.2, 0.25) is 0 Å². The summed E-state index contributed by atoms with van der Waals surface area (Å²) in [6, 6.07) is 20.9. The standard InChI is InChI=1S/C38H53N6O3PS/c1-27-25-43(19-20-47-27)35-24-33(17-18-40-35)31-11-9-30(10-12-31)8-7-22-48-37(39)38(45)41-34-15-13-32(14-16-34)36-28(2)42-44(29(36)3)26-46-21-23-49(4,5)6/h9-18,24,27,37,48H,7-8,19-23,25-26,39H2,1-6H3,(H,41,45)/t27-,37?/m1/s1. The van der Waals surface area contributed by atoms with Gasteiger partial charge in [0.15, 0.2) is 0 Å². The normalized spacial score (nSPS) is 16.3. The smallest absolute Gasteiger partial charge is 0.245 e. The maximum absolute atomic E-state index is 12.9. The fourth-order valence-corrected chi connectivity index (χ4v) is 7.51. The molecule has 2 unspecified atom stereocenters. The van der Waals surface area contributed by atoms with Gasteiger partial charge in [-0.15, -0.1) is 0 Å². The van der Waals surface area contributed by atoms with Crippen molar-refractivity contribution in [3.8, 4) is 22.3 Å². The fraction of sp³-hybridized carbons (Fsp3) is 0.447. The lowest BCUT2D eigenvalue weighted by molar-refractivity contribution is -0.115. The molecule has 1 amide bonds. The molecule has 0 saturated carbocycles. The summed E-state index contributed by atoms with van der Waals surface area (Å²) in [6.45, 7) is 9.84. The third kappa shape index (κ3) is 10.6. The number of nitrogens with one attached hydrogen (secondary N) is 1. The number of aryl methyl sites for hydroxylation is 2. The molecule has 9 nitrogen and oxygen atoms in total. The Hall–Kier alpha value is -3.27. The highest BCUT2D eigenvalue weighted by Gasteiger charge is 2.19. The van der Waals surface area contributed by atoms with Crippen LogP contribution in [0.5, 0.6) is 0 Å². The van der Waals surface area contributed by atoms with Crippen molar-refractivity contribution in [2.75, 3.05) is 67.2 Å². The van der Waals surface area contributed by atoms with Crippen molar-refractivity contribution in [3.63, 3.8) is 0 Å². The zero-order valence-electron chi connectivity index (χ0n) is 29.9. The van der Waals surface area contributed by atoms with Gasteiger partial charge in [0, 0.05) is 42.0 Å². The van der Waals surface area contributed by atoms with Crippen molar-refractivity contribution in [1.29, 1.82) is 0 Å². The van der Waals surface area contributed by atoms with Crippen molar-refractivity contribution < 1.29 is 14.3 Å². The first-order chi connectivity index (χ1) is 23.5. The van der Waals surface area contributed by atoms with Crippen LogP contribution < -0.4 is 16.0 Å².